The smallest absolute Gasteiger partial charge is 0.234 e. The van der Waals surface area contributed by atoms with Gasteiger partial charge in [0.05, 0.1) is 10.8 Å². The van der Waals surface area contributed by atoms with Crippen molar-refractivity contribution in [3.8, 4) is 11.4 Å². The fourth-order valence-corrected chi connectivity index (χ4v) is 4.50. The number of nitrogens with zero attached hydrogens (tertiary/aromatic N) is 3. The molecule has 0 aliphatic heterocycles. The number of para-hydroxylation sites is 1. The van der Waals surface area contributed by atoms with Crippen molar-refractivity contribution in [3.63, 3.8) is 0 Å². The fraction of sp³-hybridized carbons (Fsp3) is 0.375. The molecule has 0 bridgehead atoms. The number of thioether (sulfide) groups is 1. The number of benzene rings is 2. The fourth-order valence-electron chi connectivity index (χ4n) is 3.51. The third-order valence-electron chi connectivity index (χ3n) is 5.16. The molecule has 0 spiro atoms. The molecule has 170 valence electrons. The molecule has 2 aromatic carbocycles. The lowest BCUT2D eigenvalue weighted by atomic mass is 10.0. The normalized spacial score (nSPS) is 11.0. The summed E-state index contributed by atoms with van der Waals surface area (Å²) in [7, 11) is 1.68. The molecule has 0 fully saturated rings. The van der Waals surface area contributed by atoms with E-state index in [0.717, 1.165) is 41.6 Å². The van der Waals surface area contributed by atoms with E-state index in [0.29, 0.717) is 29.2 Å². The molecule has 1 aromatic heterocycles. The lowest BCUT2D eigenvalue weighted by Gasteiger charge is -2.14. The molecule has 0 saturated heterocycles. The predicted octanol–water partition coefficient (Wildman–Crippen LogP) is 5.49. The Kier molecular flexibility index (Phi) is 9.14. The summed E-state index contributed by atoms with van der Waals surface area (Å²) >= 11 is 7.77. The Morgan fingerprint density at radius 2 is 1.81 bits per heavy atom. The van der Waals surface area contributed by atoms with E-state index in [2.05, 4.69) is 41.5 Å². The van der Waals surface area contributed by atoms with Crippen molar-refractivity contribution in [1.29, 1.82) is 0 Å². The van der Waals surface area contributed by atoms with Crippen molar-refractivity contribution < 1.29 is 9.53 Å². The van der Waals surface area contributed by atoms with Gasteiger partial charge in [-0.3, -0.25) is 4.79 Å². The number of halogens is 1. The summed E-state index contributed by atoms with van der Waals surface area (Å²) < 4.78 is 7.22. The van der Waals surface area contributed by atoms with Crippen molar-refractivity contribution in [1.82, 2.24) is 14.8 Å². The zero-order valence-electron chi connectivity index (χ0n) is 18.7. The van der Waals surface area contributed by atoms with E-state index < -0.39 is 0 Å². The monoisotopic (exact) mass is 472 g/mol. The average Bonchev–Trinajstić information content (AvgIpc) is 3.20. The average molecular weight is 473 g/mol. The molecular formula is C24H29ClN4O2S. The van der Waals surface area contributed by atoms with Crippen molar-refractivity contribution in [2.45, 2.75) is 44.8 Å². The quantitative estimate of drug-likeness (QED) is 0.295. The lowest BCUT2D eigenvalue weighted by Crippen LogP contribution is -2.17. The van der Waals surface area contributed by atoms with Crippen LogP contribution in [-0.2, 0) is 28.9 Å². The molecule has 0 radical (unpaired) electrons. The second kappa shape index (κ2) is 12.0. The summed E-state index contributed by atoms with van der Waals surface area (Å²) in [5, 5.41) is 13.1. The Bertz CT molecular complexity index is 1030. The Morgan fingerprint density at radius 1 is 1.09 bits per heavy atom. The van der Waals surface area contributed by atoms with Crippen LogP contribution in [-0.4, -0.2) is 40.1 Å². The van der Waals surface area contributed by atoms with Crippen molar-refractivity contribution in [2.24, 2.45) is 0 Å². The third-order valence-corrected chi connectivity index (χ3v) is 6.45. The molecule has 0 unspecified atom stereocenters. The van der Waals surface area contributed by atoms with Gasteiger partial charge in [-0.05, 0) is 42.5 Å². The van der Waals surface area contributed by atoms with Gasteiger partial charge in [0.2, 0.25) is 5.91 Å². The van der Waals surface area contributed by atoms with Gasteiger partial charge in [0, 0.05) is 31.5 Å². The van der Waals surface area contributed by atoms with Crippen LogP contribution in [0.1, 0.15) is 31.4 Å². The summed E-state index contributed by atoms with van der Waals surface area (Å²) in [5.41, 5.74) is 4.04. The van der Waals surface area contributed by atoms with E-state index in [1.807, 2.05) is 34.9 Å². The highest BCUT2D eigenvalue weighted by atomic mass is 35.5. The van der Waals surface area contributed by atoms with Crippen LogP contribution in [0, 0.1) is 0 Å². The first-order valence-corrected chi connectivity index (χ1v) is 12.2. The summed E-state index contributed by atoms with van der Waals surface area (Å²) in [6.07, 6.45) is 2.53. The second-order valence-corrected chi connectivity index (χ2v) is 8.63. The predicted molar refractivity (Wildman–Crippen MR) is 132 cm³/mol. The maximum atomic E-state index is 12.8. The lowest BCUT2D eigenvalue weighted by molar-refractivity contribution is -0.113. The number of hydrogen-bond donors (Lipinski definition) is 1. The number of rotatable bonds is 11. The van der Waals surface area contributed by atoms with E-state index in [-0.39, 0.29) is 11.7 Å². The maximum absolute atomic E-state index is 12.8. The molecule has 1 amide bonds. The first-order valence-electron chi connectivity index (χ1n) is 10.8. The van der Waals surface area contributed by atoms with Gasteiger partial charge in [-0.25, -0.2) is 0 Å². The number of hydrogen-bond acceptors (Lipinski definition) is 5. The maximum Gasteiger partial charge on any atom is 0.234 e. The van der Waals surface area contributed by atoms with Gasteiger partial charge in [-0.2, -0.15) is 0 Å². The molecule has 6 nitrogen and oxygen atoms in total. The molecule has 32 heavy (non-hydrogen) atoms. The molecule has 1 heterocycles. The van der Waals surface area contributed by atoms with Gasteiger partial charge in [-0.15, -0.1) is 10.2 Å². The van der Waals surface area contributed by atoms with Crippen LogP contribution in [0.2, 0.25) is 5.02 Å². The molecule has 0 atom stereocenters. The van der Waals surface area contributed by atoms with Gasteiger partial charge < -0.3 is 14.6 Å². The molecule has 1 N–H and O–H groups in total. The number of aryl methyl sites for hydroxylation is 2. The highest BCUT2D eigenvalue weighted by Crippen LogP contribution is 2.30. The molecule has 0 saturated carbocycles. The standard InChI is InChI=1S/C24H29ClN4O2S/c1-4-17-10-8-11-18(5-2)22(17)26-21(30)16-32-24-28-27-23(29(24)14-9-15-31-3)19-12-6-7-13-20(19)25/h6-8,10-13H,4-5,9,14-16H2,1-3H3,(H,26,30). The van der Waals surface area contributed by atoms with E-state index in [9.17, 15) is 4.79 Å². The van der Waals surface area contributed by atoms with Crippen molar-refractivity contribution in [2.75, 3.05) is 24.8 Å². The van der Waals surface area contributed by atoms with Crippen molar-refractivity contribution in [3.05, 3.63) is 58.6 Å². The minimum Gasteiger partial charge on any atom is -0.385 e. The zero-order chi connectivity index (χ0) is 22.9. The summed E-state index contributed by atoms with van der Waals surface area (Å²) in [6.45, 7) is 5.48. The van der Waals surface area contributed by atoms with Gasteiger partial charge in [0.1, 0.15) is 0 Å². The number of carbonyl (C=O) groups excluding carboxylic acids is 1. The van der Waals surface area contributed by atoms with Crippen LogP contribution in [0.25, 0.3) is 11.4 Å². The Balaban J connectivity index is 1.77. The largest absolute Gasteiger partial charge is 0.385 e. The summed E-state index contributed by atoms with van der Waals surface area (Å²) in [4.78, 5) is 12.8. The summed E-state index contributed by atoms with van der Waals surface area (Å²) in [5.74, 6) is 0.877. The van der Waals surface area contributed by atoms with Crippen LogP contribution in [0.3, 0.4) is 0 Å². The highest BCUT2D eigenvalue weighted by molar-refractivity contribution is 7.99. The van der Waals surface area contributed by atoms with Crippen LogP contribution in [0.4, 0.5) is 5.69 Å². The molecule has 0 aliphatic rings. The van der Waals surface area contributed by atoms with Crippen LogP contribution < -0.4 is 5.32 Å². The number of methoxy groups -OCH3 is 1. The van der Waals surface area contributed by atoms with Crippen molar-refractivity contribution >= 4 is 35.0 Å². The number of ether oxygens (including phenoxy) is 1. The molecule has 3 aromatic rings. The Labute approximate surface area is 198 Å². The second-order valence-electron chi connectivity index (χ2n) is 7.28. The number of aromatic nitrogens is 3. The number of carbonyl (C=O) groups is 1. The van der Waals surface area contributed by atoms with Gasteiger partial charge in [0.25, 0.3) is 0 Å². The molecule has 3 rings (SSSR count). The topological polar surface area (TPSA) is 69.0 Å². The number of nitrogens with one attached hydrogen (secondary N) is 1. The highest BCUT2D eigenvalue weighted by Gasteiger charge is 2.18. The van der Waals surface area contributed by atoms with Gasteiger partial charge in [0.15, 0.2) is 11.0 Å². The SMILES string of the molecule is CCc1cccc(CC)c1NC(=O)CSc1nnc(-c2ccccc2Cl)n1CCCOC. The number of amides is 1. The molecule has 8 heteroatoms. The summed E-state index contributed by atoms with van der Waals surface area (Å²) in [6, 6.07) is 13.7. The molecular weight excluding hydrogens is 444 g/mol. The zero-order valence-corrected chi connectivity index (χ0v) is 20.3. The van der Waals surface area contributed by atoms with Gasteiger partial charge in [-0.1, -0.05) is 67.5 Å². The van der Waals surface area contributed by atoms with Gasteiger partial charge >= 0.3 is 0 Å². The van der Waals surface area contributed by atoms with E-state index in [1.54, 1.807) is 7.11 Å². The first-order chi connectivity index (χ1) is 15.6. The third kappa shape index (κ3) is 5.91. The Morgan fingerprint density at radius 3 is 2.47 bits per heavy atom. The minimum absolute atomic E-state index is 0.0589. The van der Waals surface area contributed by atoms with Crippen LogP contribution >= 0.6 is 23.4 Å². The minimum atomic E-state index is -0.0589. The number of anilines is 1. The molecule has 0 aliphatic carbocycles. The first kappa shape index (κ1) is 24.3. The van der Waals surface area contributed by atoms with Crippen LogP contribution in [0.5, 0.6) is 0 Å². The van der Waals surface area contributed by atoms with E-state index in [1.165, 1.54) is 11.8 Å². The van der Waals surface area contributed by atoms with E-state index in [4.69, 9.17) is 16.3 Å². The van der Waals surface area contributed by atoms with E-state index >= 15 is 0 Å². The Hall–Kier alpha value is -2.35. The van der Waals surface area contributed by atoms with Crippen LogP contribution in [0.15, 0.2) is 47.6 Å².